The molecule has 1 aromatic heterocycles. The number of amides is 1. The van der Waals surface area contributed by atoms with Gasteiger partial charge in [-0.1, -0.05) is 36.4 Å². The van der Waals surface area contributed by atoms with Crippen molar-refractivity contribution in [1.82, 2.24) is 10.3 Å². The molecule has 1 N–H and O–H groups in total. The number of hydrogen-bond donors (Lipinski definition) is 1. The maximum absolute atomic E-state index is 11.5. The van der Waals surface area contributed by atoms with Crippen molar-refractivity contribution in [1.29, 1.82) is 0 Å². The van der Waals surface area contributed by atoms with E-state index in [1.807, 2.05) is 54.6 Å². The largest absolute Gasteiger partial charge is 0.445 e. The molecule has 2 rings (SSSR count). The highest BCUT2D eigenvalue weighted by Crippen LogP contribution is 2.08. The molecule has 21 heavy (non-hydrogen) atoms. The van der Waals surface area contributed by atoms with Gasteiger partial charge >= 0.3 is 6.09 Å². The Balaban J connectivity index is 1.68. The van der Waals surface area contributed by atoms with Crippen LogP contribution in [0.5, 0.6) is 0 Å². The SMILES string of the molecule is O=C(NCC=Cc1ccc(Br)cn1)OCc1ccccc1. The summed E-state index contributed by atoms with van der Waals surface area (Å²) in [6.45, 7) is 0.663. The van der Waals surface area contributed by atoms with Crippen molar-refractivity contribution in [2.75, 3.05) is 6.54 Å². The number of carbonyl (C=O) groups excluding carboxylic acids is 1. The van der Waals surface area contributed by atoms with Gasteiger partial charge in [0.15, 0.2) is 0 Å². The van der Waals surface area contributed by atoms with Crippen LogP contribution in [0, 0.1) is 0 Å². The Morgan fingerprint density at radius 3 is 2.76 bits per heavy atom. The monoisotopic (exact) mass is 346 g/mol. The zero-order valence-electron chi connectivity index (χ0n) is 11.3. The second-order valence-electron chi connectivity index (χ2n) is 4.25. The van der Waals surface area contributed by atoms with E-state index in [2.05, 4.69) is 26.2 Å². The molecule has 1 amide bonds. The molecule has 1 heterocycles. The fraction of sp³-hybridized carbons (Fsp3) is 0.125. The van der Waals surface area contributed by atoms with Crippen LogP contribution >= 0.6 is 15.9 Å². The number of halogens is 1. The van der Waals surface area contributed by atoms with Gasteiger partial charge in [-0.3, -0.25) is 4.98 Å². The van der Waals surface area contributed by atoms with Crippen molar-refractivity contribution in [2.24, 2.45) is 0 Å². The lowest BCUT2D eigenvalue weighted by atomic mass is 10.2. The molecular formula is C16H15BrN2O2. The number of hydrogen-bond acceptors (Lipinski definition) is 3. The molecule has 1 aromatic carbocycles. The van der Waals surface area contributed by atoms with Crippen molar-refractivity contribution < 1.29 is 9.53 Å². The van der Waals surface area contributed by atoms with Gasteiger partial charge in [-0.15, -0.1) is 0 Å². The summed E-state index contributed by atoms with van der Waals surface area (Å²) in [6.07, 6.45) is 4.94. The van der Waals surface area contributed by atoms with Gasteiger partial charge < -0.3 is 10.1 Å². The van der Waals surface area contributed by atoms with Crippen LogP contribution in [0.3, 0.4) is 0 Å². The summed E-state index contributed by atoms with van der Waals surface area (Å²) in [5.74, 6) is 0. The van der Waals surface area contributed by atoms with E-state index in [4.69, 9.17) is 4.74 Å². The fourth-order valence-electron chi connectivity index (χ4n) is 1.58. The number of ether oxygens (including phenoxy) is 1. The Hall–Kier alpha value is -2.14. The number of carbonyl (C=O) groups is 1. The Morgan fingerprint density at radius 2 is 2.05 bits per heavy atom. The van der Waals surface area contributed by atoms with Gasteiger partial charge in [0.1, 0.15) is 6.61 Å². The molecule has 0 spiro atoms. The highest BCUT2D eigenvalue weighted by atomic mass is 79.9. The van der Waals surface area contributed by atoms with Crippen molar-refractivity contribution in [3.63, 3.8) is 0 Å². The summed E-state index contributed by atoms with van der Waals surface area (Å²) < 4.78 is 6.02. The average molecular weight is 347 g/mol. The number of nitrogens with one attached hydrogen (secondary N) is 1. The smallest absolute Gasteiger partial charge is 0.407 e. The summed E-state index contributed by atoms with van der Waals surface area (Å²) in [5, 5.41) is 2.65. The van der Waals surface area contributed by atoms with Crippen molar-refractivity contribution in [3.8, 4) is 0 Å². The standard InChI is InChI=1S/C16H15BrN2O2/c17-14-8-9-15(19-11-14)7-4-10-18-16(20)21-12-13-5-2-1-3-6-13/h1-9,11H,10,12H2,(H,18,20). The van der Waals surface area contributed by atoms with E-state index in [1.54, 1.807) is 6.20 Å². The second kappa shape index (κ2) is 8.21. The Kier molecular flexibility index (Phi) is 5.97. The molecule has 0 aliphatic rings. The van der Waals surface area contributed by atoms with Crippen molar-refractivity contribution >= 4 is 28.1 Å². The molecule has 4 nitrogen and oxygen atoms in total. The van der Waals surface area contributed by atoms with Gasteiger partial charge in [-0.2, -0.15) is 0 Å². The first kappa shape index (κ1) is 15.3. The predicted octanol–water partition coefficient (Wildman–Crippen LogP) is 3.78. The Bertz CT molecular complexity index is 597. The Labute approximate surface area is 132 Å². The van der Waals surface area contributed by atoms with E-state index in [0.717, 1.165) is 15.7 Å². The first-order valence-corrected chi connectivity index (χ1v) is 7.26. The van der Waals surface area contributed by atoms with Crippen LogP contribution < -0.4 is 5.32 Å². The summed E-state index contributed by atoms with van der Waals surface area (Å²) in [7, 11) is 0. The zero-order chi connectivity index (χ0) is 14.9. The van der Waals surface area contributed by atoms with Crippen LogP contribution in [-0.4, -0.2) is 17.6 Å². The van der Waals surface area contributed by atoms with E-state index in [9.17, 15) is 4.79 Å². The molecule has 0 aliphatic heterocycles. The molecule has 0 saturated carbocycles. The van der Waals surface area contributed by atoms with Crippen LogP contribution in [-0.2, 0) is 11.3 Å². The molecule has 0 atom stereocenters. The molecule has 0 aliphatic carbocycles. The van der Waals surface area contributed by atoms with Crippen LogP contribution in [0.4, 0.5) is 4.79 Å². The van der Waals surface area contributed by atoms with Crippen LogP contribution in [0.25, 0.3) is 6.08 Å². The predicted molar refractivity (Wildman–Crippen MR) is 85.6 cm³/mol. The summed E-state index contributed by atoms with van der Waals surface area (Å²) in [5.41, 5.74) is 1.79. The van der Waals surface area contributed by atoms with Crippen LogP contribution in [0.1, 0.15) is 11.3 Å². The number of rotatable bonds is 5. The third-order valence-electron chi connectivity index (χ3n) is 2.62. The molecule has 2 aromatic rings. The number of alkyl carbamates (subject to hydrolysis) is 1. The normalized spacial score (nSPS) is 10.5. The van der Waals surface area contributed by atoms with E-state index in [0.29, 0.717) is 6.54 Å². The van der Waals surface area contributed by atoms with E-state index in [1.165, 1.54) is 0 Å². The number of nitrogens with zero attached hydrogens (tertiary/aromatic N) is 1. The summed E-state index contributed by atoms with van der Waals surface area (Å²) >= 11 is 3.32. The molecule has 108 valence electrons. The van der Waals surface area contributed by atoms with Gasteiger partial charge in [0.2, 0.25) is 0 Å². The topological polar surface area (TPSA) is 51.2 Å². The van der Waals surface area contributed by atoms with Gasteiger partial charge in [-0.25, -0.2) is 4.79 Å². The van der Waals surface area contributed by atoms with E-state index in [-0.39, 0.29) is 6.61 Å². The molecule has 0 bridgehead atoms. The molecule has 0 unspecified atom stereocenters. The van der Waals surface area contributed by atoms with Crippen molar-refractivity contribution in [2.45, 2.75) is 6.61 Å². The minimum absolute atomic E-state index is 0.269. The minimum atomic E-state index is -0.438. The van der Waals surface area contributed by atoms with Gasteiger partial charge in [0, 0.05) is 17.2 Å². The highest BCUT2D eigenvalue weighted by molar-refractivity contribution is 9.10. The molecule has 0 fully saturated rings. The Morgan fingerprint density at radius 1 is 1.24 bits per heavy atom. The number of benzene rings is 1. The lowest BCUT2D eigenvalue weighted by Gasteiger charge is -2.05. The summed E-state index contributed by atoms with van der Waals surface area (Å²) in [6, 6.07) is 13.3. The number of aromatic nitrogens is 1. The van der Waals surface area contributed by atoms with E-state index < -0.39 is 6.09 Å². The fourth-order valence-corrected chi connectivity index (χ4v) is 1.82. The quantitative estimate of drug-likeness (QED) is 0.896. The van der Waals surface area contributed by atoms with Gasteiger partial charge in [0.05, 0.1) is 5.69 Å². The lowest BCUT2D eigenvalue weighted by Crippen LogP contribution is -2.24. The molecule has 0 saturated heterocycles. The van der Waals surface area contributed by atoms with Crippen LogP contribution in [0.2, 0.25) is 0 Å². The maximum atomic E-state index is 11.5. The maximum Gasteiger partial charge on any atom is 0.407 e. The van der Waals surface area contributed by atoms with Gasteiger partial charge in [0.25, 0.3) is 0 Å². The van der Waals surface area contributed by atoms with Crippen molar-refractivity contribution in [3.05, 3.63) is 70.5 Å². The van der Waals surface area contributed by atoms with E-state index >= 15 is 0 Å². The average Bonchev–Trinajstić information content (AvgIpc) is 2.52. The van der Waals surface area contributed by atoms with Gasteiger partial charge in [-0.05, 0) is 39.7 Å². The summed E-state index contributed by atoms with van der Waals surface area (Å²) in [4.78, 5) is 15.7. The third-order valence-corrected chi connectivity index (χ3v) is 3.08. The molecule has 0 radical (unpaired) electrons. The second-order valence-corrected chi connectivity index (χ2v) is 5.16. The van der Waals surface area contributed by atoms with Crippen LogP contribution in [0.15, 0.2) is 59.2 Å². The number of pyridine rings is 1. The third kappa shape index (κ3) is 5.79. The molecular weight excluding hydrogens is 332 g/mol. The zero-order valence-corrected chi connectivity index (χ0v) is 12.9. The first-order chi connectivity index (χ1) is 10.2. The first-order valence-electron chi connectivity index (χ1n) is 6.47. The lowest BCUT2D eigenvalue weighted by molar-refractivity contribution is 0.141. The highest BCUT2D eigenvalue weighted by Gasteiger charge is 2.00. The minimum Gasteiger partial charge on any atom is -0.445 e. The molecule has 5 heteroatoms.